The quantitative estimate of drug-likeness (QED) is 0.513. The molecule has 1 aliphatic rings. The Labute approximate surface area is 186 Å². The van der Waals surface area contributed by atoms with E-state index in [0.29, 0.717) is 59.9 Å². The van der Waals surface area contributed by atoms with Gasteiger partial charge in [0.2, 0.25) is 23.1 Å². The highest BCUT2D eigenvalue weighted by molar-refractivity contribution is 7.77. The van der Waals surface area contributed by atoms with E-state index in [-0.39, 0.29) is 18.6 Å². The molecule has 3 aromatic rings. The highest BCUT2D eigenvalue weighted by atomic mass is 32.2. The number of likely N-dealkylation sites (tertiary alicyclic amines) is 1. The third-order valence-corrected chi connectivity index (χ3v) is 5.71. The van der Waals surface area contributed by atoms with Gasteiger partial charge in [-0.05, 0) is 23.8 Å². The van der Waals surface area contributed by atoms with Crippen LogP contribution in [0.2, 0.25) is 0 Å². The molecular weight excluding hydrogens is 439 g/mol. The molecule has 2 N–H and O–H groups in total. The summed E-state index contributed by atoms with van der Waals surface area (Å²) in [6.45, 7) is 2.97. The summed E-state index contributed by atoms with van der Waals surface area (Å²) in [6.07, 6.45) is 2.33. The van der Waals surface area contributed by atoms with Crippen molar-refractivity contribution in [3.05, 3.63) is 35.9 Å². The second kappa shape index (κ2) is 9.27. The molecule has 10 nitrogen and oxygen atoms in total. The van der Waals surface area contributed by atoms with Gasteiger partial charge in [-0.2, -0.15) is 4.98 Å². The Balaban J connectivity index is 1.64. The fourth-order valence-corrected chi connectivity index (χ4v) is 4.07. The van der Waals surface area contributed by atoms with E-state index in [1.165, 1.54) is 18.5 Å². The van der Waals surface area contributed by atoms with Crippen molar-refractivity contribution in [3.63, 3.8) is 0 Å². The lowest BCUT2D eigenvalue weighted by Crippen LogP contribution is -2.30. The van der Waals surface area contributed by atoms with Gasteiger partial charge in [0.1, 0.15) is 24.1 Å². The zero-order valence-corrected chi connectivity index (χ0v) is 18.4. The number of fused-ring (bicyclic) bond motifs is 1. The highest BCUT2D eigenvalue weighted by Crippen LogP contribution is 2.29. The van der Waals surface area contributed by atoms with E-state index >= 15 is 0 Å². The maximum absolute atomic E-state index is 14.2. The Morgan fingerprint density at radius 3 is 2.94 bits per heavy atom. The van der Waals surface area contributed by atoms with E-state index in [0.717, 1.165) is 0 Å². The van der Waals surface area contributed by atoms with Gasteiger partial charge in [0.15, 0.2) is 11.2 Å². The van der Waals surface area contributed by atoms with E-state index in [1.807, 2.05) is 6.92 Å². The molecule has 1 aliphatic heterocycles. The first kappa shape index (κ1) is 22.2. The maximum atomic E-state index is 14.2. The van der Waals surface area contributed by atoms with Crippen LogP contribution in [0, 0.1) is 5.82 Å². The number of halogens is 1. The van der Waals surface area contributed by atoms with Gasteiger partial charge in [0, 0.05) is 38.5 Å². The van der Waals surface area contributed by atoms with Crippen molar-refractivity contribution in [3.8, 4) is 17.3 Å². The molecule has 0 saturated carbocycles. The van der Waals surface area contributed by atoms with Crippen LogP contribution in [-0.4, -0.2) is 58.3 Å². The highest BCUT2D eigenvalue weighted by Gasteiger charge is 2.28. The first-order valence-electron chi connectivity index (χ1n) is 10.1. The standard InChI is InChI=1S/C20H23FN6O4S/c1-3-16(28)27-5-4-15(10-27)31-20-17-19(22-11-23-20)26(2)18(25-17)13-6-12(7-14(21)8-13)9-24-32(29)30/h6-8,11,15,24H,3-5,9-10H2,1-2H3,(H,29,30)/t15-/m0/s1. The summed E-state index contributed by atoms with van der Waals surface area (Å²) in [5, 5.41) is 0. The van der Waals surface area contributed by atoms with Crippen LogP contribution in [0.1, 0.15) is 25.3 Å². The molecule has 0 bridgehead atoms. The number of carbonyl (C=O) groups excluding carboxylic acids is 1. The molecule has 2 atom stereocenters. The lowest BCUT2D eigenvalue weighted by atomic mass is 10.1. The Morgan fingerprint density at radius 2 is 2.19 bits per heavy atom. The van der Waals surface area contributed by atoms with Gasteiger partial charge < -0.3 is 14.2 Å². The Bertz CT molecular complexity index is 1190. The largest absolute Gasteiger partial charge is 0.471 e. The van der Waals surface area contributed by atoms with Crippen LogP contribution in [0.5, 0.6) is 5.88 Å². The number of aromatic nitrogens is 4. The molecule has 1 aromatic carbocycles. The number of imidazole rings is 1. The van der Waals surface area contributed by atoms with E-state index in [9.17, 15) is 13.4 Å². The van der Waals surface area contributed by atoms with E-state index < -0.39 is 17.1 Å². The lowest BCUT2D eigenvalue weighted by Gasteiger charge is -2.16. The predicted molar refractivity (Wildman–Crippen MR) is 115 cm³/mol. The number of amides is 1. The molecule has 0 radical (unpaired) electrons. The molecule has 170 valence electrons. The summed E-state index contributed by atoms with van der Waals surface area (Å²) in [4.78, 5) is 26.8. The van der Waals surface area contributed by atoms with Gasteiger partial charge in [-0.3, -0.25) is 9.35 Å². The van der Waals surface area contributed by atoms with Crippen LogP contribution in [0.15, 0.2) is 24.5 Å². The molecule has 12 heteroatoms. The average Bonchev–Trinajstić information content (AvgIpc) is 3.37. The second-order valence-electron chi connectivity index (χ2n) is 7.49. The van der Waals surface area contributed by atoms with E-state index in [1.54, 1.807) is 22.6 Å². The van der Waals surface area contributed by atoms with Crippen molar-refractivity contribution in [1.82, 2.24) is 29.1 Å². The minimum Gasteiger partial charge on any atom is -0.471 e. The smallest absolute Gasteiger partial charge is 0.245 e. The van der Waals surface area contributed by atoms with Crippen LogP contribution in [0.4, 0.5) is 4.39 Å². The van der Waals surface area contributed by atoms with Crippen LogP contribution in [0.25, 0.3) is 22.6 Å². The summed E-state index contributed by atoms with van der Waals surface area (Å²) in [5.41, 5.74) is 1.93. The minimum atomic E-state index is -2.21. The van der Waals surface area contributed by atoms with Gasteiger partial charge in [-0.25, -0.2) is 23.3 Å². The molecule has 1 amide bonds. The number of nitrogens with zero attached hydrogens (tertiary/aromatic N) is 5. The number of rotatable bonds is 7. The first-order chi connectivity index (χ1) is 15.4. The van der Waals surface area contributed by atoms with Crippen molar-refractivity contribution in [2.24, 2.45) is 7.05 Å². The van der Waals surface area contributed by atoms with Gasteiger partial charge >= 0.3 is 0 Å². The van der Waals surface area contributed by atoms with Crippen molar-refractivity contribution in [2.75, 3.05) is 13.1 Å². The van der Waals surface area contributed by atoms with Gasteiger partial charge in [-0.15, -0.1) is 0 Å². The van der Waals surface area contributed by atoms with Gasteiger partial charge in [0.05, 0.1) is 6.54 Å². The summed E-state index contributed by atoms with van der Waals surface area (Å²) >= 11 is -2.21. The molecule has 4 rings (SSSR count). The third kappa shape index (κ3) is 4.61. The number of ether oxygens (including phenoxy) is 1. The zero-order valence-electron chi connectivity index (χ0n) is 17.6. The minimum absolute atomic E-state index is 0.0145. The van der Waals surface area contributed by atoms with E-state index in [2.05, 4.69) is 19.7 Å². The summed E-state index contributed by atoms with van der Waals surface area (Å²) < 4.78 is 44.1. The molecule has 0 spiro atoms. The fourth-order valence-electron chi connectivity index (χ4n) is 3.78. The van der Waals surface area contributed by atoms with Crippen LogP contribution in [0.3, 0.4) is 0 Å². The molecule has 1 saturated heterocycles. The summed E-state index contributed by atoms with van der Waals surface area (Å²) in [5.74, 6) is 0.349. The molecule has 32 heavy (non-hydrogen) atoms. The number of nitrogens with one attached hydrogen (secondary N) is 1. The zero-order chi connectivity index (χ0) is 22.8. The van der Waals surface area contributed by atoms with Crippen molar-refractivity contribution >= 4 is 28.3 Å². The topological polar surface area (TPSA) is 122 Å². The average molecular weight is 463 g/mol. The van der Waals surface area contributed by atoms with Crippen LogP contribution < -0.4 is 9.46 Å². The molecule has 3 heterocycles. The molecular formula is C20H23FN6O4S. The first-order valence-corrected chi connectivity index (χ1v) is 11.2. The Morgan fingerprint density at radius 1 is 1.38 bits per heavy atom. The van der Waals surface area contributed by atoms with Crippen molar-refractivity contribution < 1.29 is 22.7 Å². The number of hydrogen-bond acceptors (Lipinski definition) is 6. The van der Waals surface area contributed by atoms with Crippen molar-refractivity contribution in [1.29, 1.82) is 0 Å². The number of carbonyl (C=O) groups is 1. The van der Waals surface area contributed by atoms with Gasteiger partial charge in [0.25, 0.3) is 0 Å². The van der Waals surface area contributed by atoms with Crippen molar-refractivity contribution in [2.45, 2.75) is 32.4 Å². The van der Waals surface area contributed by atoms with Crippen LogP contribution in [-0.2, 0) is 29.7 Å². The lowest BCUT2D eigenvalue weighted by molar-refractivity contribution is -0.130. The number of aryl methyl sites for hydroxylation is 1. The SMILES string of the molecule is CCC(=O)N1CC[C@H](Oc2ncnc3c2nc(-c2cc(F)cc(CNS(=O)O)c2)n3C)C1. The molecule has 1 fully saturated rings. The maximum Gasteiger partial charge on any atom is 0.245 e. The van der Waals surface area contributed by atoms with Crippen LogP contribution >= 0.6 is 0 Å². The normalized spacial score (nSPS) is 17.1. The molecule has 2 aromatic heterocycles. The fraction of sp³-hybridized carbons (Fsp3) is 0.400. The van der Waals surface area contributed by atoms with E-state index in [4.69, 9.17) is 9.29 Å². The predicted octanol–water partition coefficient (Wildman–Crippen LogP) is 1.79. The third-order valence-electron chi connectivity index (χ3n) is 5.32. The van der Waals surface area contributed by atoms with Gasteiger partial charge in [-0.1, -0.05) is 6.92 Å². The molecule has 1 unspecified atom stereocenters. The monoisotopic (exact) mass is 462 g/mol. The number of benzene rings is 1. The summed E-state index contributed by atoms with van der Waals surface area (Å²) in [7, 11) is 1.75. The number of hydrogen-bond donors (Lipinski definition) is 2. The Kier molecular flexibility index (Phi) is 6.44. The second-order valence-corrected chi connectivity index (χ2v) is 8.27. The molecule has 0 aliphatic carbocycles. The summed E-state index contributed by atoms with van der Waals surface area (Å²) in [6, 6.07) is 4.30. The Hall–Kier alpha value is -2.96.